The first-order chi connectivity index (χ1) is 27.0. The van der Waals surface area contributed by atoms with Crippen molar-refractivity contribution in [1.29, 1.82) is 0 Å². The molecule has 0 amide bonds. The van der Waals surface area contributed by atoms with Gasteiger partial charge < -0.3 is 4.90 Å². The van der Waals surface area contributed by atoms with Crippen molar-refractivity contribution in [1.82, 2.24) is 4.57 Å². The Balaban J connectivity index is 1.06. The lowest BCUT2D eigenvalue weighted by atomic mass is 9.82. The van der Waals surface area contributed by atoms with Crippen LogP contribution in [0, 0.1) is 0 Å². The third-order valence-electron chi connectivity index (χ3n) is 11.4. The number of nitrogens with zero attached hydrogens (tertiary/aromatic N) is 2. The molecular weight excluding hydrogens is 669 g/mol. The predicted molar refractivity (Wildman–Crippen MR) is 230 cm³/mol. The molecule has 1 aliphatic carbocycles. The third kappa shape index (κ3) is 5.31. The van der Waals surface area contributed by atoms with Crippen LogP contribution in [0.25, 0.3) is 60.7 Å². The zero-order valence-corrected chi connectivity index (χ0v) is 30.8. The van der Waals surface area contributed by atoms with Crippen LogP contribution < -0.4 is 10.5 Å². The van der Waals surface area contributed by atoms with E-state index in [-0.39, 0.29) is 11.0 Å². The van der Waals surface area contributed by atoms with Crippen LogP contribution in [-0.4, -0.2) is 4.57 Å². The quantitative estimate of drug-likeness (QED) is 0.161. The number of benzene rings is 8. The molecule has 1 aliphatic rings. The molecule has 3 heteroatoms. The Kier molecular flexibility index (Phi) is 7.64. The Morgan fingerprint density at radius 3 is 1.62 bits per heavy atom. The monoisotopic (exact) mass is 706 g/mol. The van der Waals surface area contributed by atoms with Gasteiger partial charge in [-0.05, 0) is 98.9 Å². The summed E-state index contributed by atoms with van der Waals surface area (Å²) in [5.41, 5.74) is 14.8. The number of fused-ring (bicyclic) bond motifs is 6. The normalized spacial score (nSPS) is 12.8. The van der Waals surface area contributed by atoms with Gasteiger partial charge in [0.05, 0.1) is 11.2 Å². The molecule has 0 N–H and O–H groups in total. The fourth-order valence-electron chi connectivity index (χ4n) is 8.68. The van der Waals surface area contributed by atoms with Gasteiger partial charge in [-0.1, -0.05) is 153 Å². The Bertz CT molecular complexity index is 2940. The van der Waals surface area contributed by atoms with E-state index < -0.39 is 0 Å². The number of para-hydroxylation sites is 1. The van der Waals surface area contributed by atoms with Crippen molar-refractivity contribution in [3.8, 4) is 39.1 Å². The van der Waals surface area contributed by atoms with Crippen molar-refractivity contribution >= 4 is 38.7 Å². The van der Waals surface area contributed by atoms with E-state index in [9.17, 15) is 4.79 Å². The second kappa shape index (κ2) is 12.9. The number of anilines is 3. The average molecular weight is 707 g/mol. The minimum Gasteiger partial charge on any atom is -0.310 e. The van der Waals surface area contributed by atoms with E-state index in [0.717, 1.165) is 55.6 Å². The SMILES string of the molecule is CC1(C)c2ccccc2-c2c(N(c3ccc(-c4ccccc4)cc3)c3ccc(-c4ccc(-n5c(=O)c6ccccc6c6ccccc65)cc4)cc3)cccc21. The fourth-order valence-corrected chi connectivity index (χ4v) is 8.68. The fraction of sp³-hybridized carbons (Fsp3) is 0.0577. The van der Waals surface area contributed by atoms with Crippen LogP contribution in [0.3, 0.4) is 0 Å². The predicted octanol–water partition coefficient (Wildman–Crippen LogP) is 13.3. The van der Waals surface area contributed by atoms with Gasteiger partial charge in [-0.25, -0.2) is 0 Å². The van der Waals surface area contributed by atoms with Crippen molar-refractivity contribution < 1.29 is 0 Å². The second-order valence-electron chi connectivity index (χ2n) is 14.9. The van der Waals surface area contributed by atoms with Crippen LogP contribution in [0.5, 0.6) is 0 Å². The number of aromatic nitrogens is 1. The van der Waals surface area contributed by atoms with Crippen LogP contribution in [0.2, 0.25) is 0 Å². The summed E-state index contributed by atoms with van der Waals surface area (Å²) in [6.45, 7) is 4.67. The number of rotatable bonds is 6. The van der Waals surface area contributed by atoms with Gasteiger partial charge in [0.1, 0.15) is 0 Å². The average Bonchev–Trinajstić information content (AvgIpc) is 3.48. The van der Waals surface area contributed by atoms with Gasteiger partial charge in [0.25, 0.3) is 5.56 Å². The zero-order chi connectivity index (χ0) is 37.1. The maximum absolute atomic E-state index is 13.9. The summed E-state index contributed by atoms with van der Waals surface area (Å²) in [7, 11) is 0. The minimum atomic E-state index is -0.106. The van der Waals surface area contributed by atoms with Gasteiger partial charge in [-0.2, -0.15) is 0 Å². The molecule has 8 aromatic carbocycles. The smallest absolute Gasteiger partial charge is 0.263 e. The van der Waals surface area contributed by atoms with Crippen LogP contribution in [0.15, 0.2) is 199 Å². The molecule has 55 heavy (non-hydrogen) atoms. The first kappa shape index (κ1) is 32.7. The van der Waals surface area contributed by atoms with E-state index in [0.29, 0.717) is 0 Å². The van der Waals surface area contributed by atoms with E-state index >= 15 is 0 Å². The van der Waals surface area contributed by atoms with Crippen molar-refractivity contribution in [2.75, 3.05) is 4.90 Å². The first-order valence-electron chi connectivity index (χ1n) is 18.9. The molecule has 1 heterocycles. The van der Waals surface area contributed by atoms with Gasteiger partial charge in [0.2, 0.25) is 0 Å². The Morgan fingerprint density at radius 1 is 0.436 bits per heavy atom. The molecule has 0 radical (unpaired) electrons. The third-order valence-corrected chi connectivity index (χ3v) is 11.4. The van der Waals surface area contributed by atoms with E-state index in [1.165, 1.54) is 33.4 Å². The molecule has 3 nitrogen and oxygen atoms in total. The van der Waals surface area contributed by atoms with Gasteiger partial charge in [0, 0.05) is 38.8 Å². The Morgan fingerprint density at radius 2 is 0.945 bits per heavy atom. The highest BCUT2D eigenvalue weighted by atomic mass is 16.1. The van der Waals surface area contributed by atoms with E-state index in [1.54, 1.807) is 0 Å². The lowest BCUT2D eigenvalue weighted by molar-refractivity contribution is 0.660. The molecule has 0 saturated heterocycles. The molecule has 0 saturated carbocycles. The molecule has 0 spiro atoms. The maximum atomic E-state index is 13.9. The molecule has 0 atom stereocenters. The summed E-state index contributed by atoms with van der Waals surface area (Å²) >= 11 is 0. The van der Waals surface area contributed by atoms with E-state index in [2.05, 4.69) is 170 Å². The second-order valence-corrected chi connectivity index (χ2v) is 14.9. The first-order valence-corrected chi connectivity index (χ1v) is 18.9. The van der Waals surface area contributed by atoms with Crippen molar-refractivity contribution in [3.05, 3.63) is 216 Å². The van der Waals surface area contributed by atoms with E-state index in [4.69, 9.17) is 0 Å². The summed E-state index contributed by atoms with van der Waals surface area (Å²) in [5, 5.41) is 2.76. The van der Waals surface area contributed by atoms with Gasteiger partial charge >= 0.3 is 0 Å². The zero-order valence-electron chi connectivity index (χ0n) is 30.8. The van der Waals surface area contributed by atoms with Crippen molar-refractivity contribution in [2.24, 2.45) is 0 Å². The molecule has 9 aromatic rings. The summed E-state index contributed by atoms with van der Waals surface area (Å²) in [6.07, 6.45) is 0. The molecule has 0 unspecified atom stereocenters. The van der Waals surface area contributed by atoms with Crippen molar-refractivity contribution in [3.63, 3.8) is 0 Å². The maximum Gasteiger partial charge on any atom is 0.263 e. The minimum absolute atomic E-state index is 0.0123. The standard InChI is InChI=1S/C52H38N2O/c1-52(2)46-19-10-8-18-45(46)50-47(52)20-12-22-49(50)53(39-29-23-36(24-30-39)35-13-4-3-5-14-35)40-31-25-37(26-32-40)38-27-33-41(34-28-38)54-48-21-11-9-16-43(48)42-15-6-7-17-44(42)51(54)55/h3-34H,1-2H3. The summed E-state index contributed by atoms with van der Waals surface area (Å²) in [6, 6.07) is 68.2. The van der Waals surface area contributed by atoms with E-state index in [1.807, 2.05) is 47.0 Å². The number of hydrogen-bond donors (Lipinski definition) is 0. The summed E-state index contributed by atoms with van der Waals surface area (Å²) in [5.74, 6) is 0. The lowest BCUT2D eigenvalue weighted by Gasteiger charge is -2.29. The van der Waals surface area contributed by atoms with Gasteiger partial charge in [-0.3, -0.25) is 9.36 Å². The molecule has 10 rings (SSSR count). The van der Waals surface area contributed by atoms with Crippen LogP contribution in [0.1, 0.15) is 25.0 Å². The van der Waals surface area contributed by atoms with Crippen molar-refractivity contribution in [2.45, 2.75) is 19.3 Å². The molecule has 262 valence electrons. The highest BCUT2D eigenvalue weighted by molar-refractivity contribution is 6.06. The molecule has 0 bridgehead atoms. The molecule has 0 fully saturated rings. The highest BCUT2D eigenvalue weighted by Gasteiger charge is 2.37. The number of pyridine rings is 1. The van der Waals surface area contributed by atoms with Gasteiger partial charge in [0.15, 0.2) is 0 Å². The Labute approximate surface area is 321 Å². The molecule has 0 aliphatic heterocycles. The Hall–Kier alpha value is -6.97. The lowest BCUT2D eigenvalue weighted by Crippen LogP contribution is -2.19. The summed E-state index contributed by atoms with van der Waals surface area (Å²) < 4.78 is 1.84. The largest absolute Gasteiger partial charge is 0.310 e. The topological polar surface area (TPSA) is 25.2 Å². The number of hydrogen-bond acceptors (Lipinski definition) is 2. The van der Waals surface area contributed by atoms with Crippen LogP contribution in [-0.2, 0) is 5.41 Å². The summed E-state index contributed by atoms with van der Waals surface area (Å²) in [4.78, 5) is 16.3. The van der Waals surface area contributed by atoms with Crippen LogP contribution >= 0.6 is 0 Å². The van der Waals surface area contributed by atoms with Gasteiger partial charge in [-0.15, -0.1) is 0 Å². The van der Waals surface area contributed by atoms with Crippen LogP contribution in [0.4, 0.5) is 17.1 Å². The molecule has 1 aromatic heterocycles. The highest BCUT2D eigenvalue weighted by Crippen LogP contribution is 2.54. The molecular formula is C52H38N2O.